The second-order valence-electron chi connectivity index (χ2n) is 6.06. The highest BCUT2D eigenvalue weighted by molar-refractivity contribution is 6.30. The number of carbonyl (C=O) groups excluding carboxylic acids is 2. The summed E-state index contributed by atoms with van der Waals surface area (Å²) >= 11 is 5.94. The monoisotopic (exact) mass is 372 g/mol. The molecule has 7 heteroatoms. The molecule has 3 rings (SSSR count). The Bertz CT molecular complexity index is 769. The zero-order chi connectivity index (χ0) is 18.4. The Hall–Kier alpha value is -2.73. The van der Waals surface area contributed by atoms with Gasteiger partial charge in [-0.1, -0.05) is 35.9 Å². The first-order chi connectivity index (χ1) is 12.6. The van der Waals surface area contributed by atoms with E-state index in [1.807, 2.05) is 30.3 Å². The molecule has 0 spiro atoms. The van der Waals surface area contributed by atoms with Gasteiger partial charge in [-0.3, -0.25) is 0 Å². The zero-order valence-corrected chi connectivity index (χ0v) is 15.1. The molecular weight excluding hydrogens is 352 g/mol. The van der Waals surface area contributed by atoms with Crippen molar-refractivity contribution >= 4 is 35.0 Å². The lowest BCUT2D eigenvalue weighted by Gasteiger charge is -2.22. The van der Waals surface area contributed by atoms with Gasteiger partial charge in [0.2, 0.25) is 0 Å². The second-order valence-corrected chi connectivity index (χ2v) is 6.50. The van der Waals surface area contributed by atoms with Crippen LogP contribution >= 0.6 is 11.6 Å². The Balaban J connectivity index is 1.54. The van der Waals surface area contributed by atoms with Gasteiger partial charge in [-0.25, -0.2) is 9.59 Å². The molecule has 2 N–H and O–H groups in total. The summed E-state index contributed by atoms with van der Waals surface area (Å²) in [4.78, 5) is 28.3. The number of hydrogen-bond acceptors (Lipinski definition) is 2. The van der Waals surface area contributed by atoms with Gasteiger partial charge in [0.25, 0.3) is 0 Å². The summed E-state index contributed by atoms with van der Waals surface area (Å²) in [5.41, 5.74) is 1.42. The number of carbonyl (C=O) groups is 2. The van der Waals surface area contributed by atoms with Crippen molar-refractivity contribution in [1.82, 2.24) is 9.80 Å². The van der Waals surface area contributed by atoms with E-state index >= 15 is 0 Å². The number of benzene rings is 2. The van der Waals surface area contributed by atoms with Crippen molar-refractivity contribution in [3.8, 4) is 0 Å². The number of para-hydroxylation sites is 1. The molecule has 0 aliphatic carbocycles. The quantitative estimate of drug-likeness (QED) is 0.833. The summed E-state index contributed by atoms with van der Waals surface area (Å²) < 4.78 is 0. The van der Waals surface area contributed by atoms with Gasteiger partial charge in [0, 0.05) is 42.6 Å². The number of halogens is 1. The number of urea groups is 2. The van der Waals surface area contributed by atoms with E-state index in [1.165, 1.54) is 0 Å². The van der Waals surface area contributed by atoms with Crippen LogP contribution < -0.4 is 10.6 Å². The van der Waals surface area contributed by atoms with Crippen LogP contribution in [0.25, 0.3) is 0 Å². The smallest absolute Gasteiger partial charge is 0.321 e. The van der Waals surface area contributed by atoms with E-state index in [2.05, 4.69) is 10.6 Å². The first kappa shape index (κ1) is 18.1. The van der Waals surface area contributed by atoms with Gasteiger partial charge >= 0.3 is 12.1 Å². The van der Waals surface area contributed by atoms with E-state index in [-0.39, 0.29) is 12.1 Å². The molecule has 0 aromatic heterocycles. The van der Waals surface area contributed by atoms with E-state index in [1.54, 1.807) is 34.1 Å². The topological polar surface area (TPSA) is 64.7 Å². The zero-order valence-electron chi connectivity index (χ0n) is 14.3. The minimum Gasteiger partial charge on any atom is -0.323 e. The predicted octanol–water partition coefficient (Wildman–Crippen LogP) is 4.11. The first-order valence-electron chi connectivity index (χ1n) is 8.54. The molecule has 0 bridgehead atoms. The summed E-state index contributed by atoms with van der Waals surface area (Å²) in [6.45, 7) is 2.18. The van der Waals surface area contributed by atoms with Gasteiger partial charge in [-0.2, -0.15) is 0 Å². The van der Waals surface area contributed by atoms with Gasteiger partial charge < -0.3 is 20.4 Å². The molecular formula is C19H21ClN4O2. The minimum absolute atomic E-state index is 0.145. The molecule has 6 nitrogen and oxygen atoms in total. The molecule has 1 aliphatic rings. The highest BCUT2D eigenvalue weighted by Crippen LogP contribution is 2.16. The Morgan fingerprint density at radius 2 is 1.35 bits per heavy atom. The van der Waals surface area contributed by atoms with Gasteiger partial charge in [0.1, 0.15) is 0 Å². The molecule has 1 saturated heterocycles. The van der Waals surface area contributed by atoms with Crippen LogP contribution in [0.15, 0.2) is 54.6 Å². The number of anilines is 2. The van der Waals surface area contributed by atoms with Gasteiger partial charge in [0.05, 0.1) is 0 Å². The highest BCUT2D eigenvalue weighted by atomic mass is 35.5. The molecule has 1 aliphatic heterocycles. The average Bonchev–Trinajstić information content (AvgIpc) is 2.89. The van der Waals surface area contributed by atoms with Gasteiger partial charge in [-0.15, -0.1) is 0 Å². The second kappa shape index (κ2) is 8.58. The third kappa shape index (κ3) is 4.89. The normalized spacial score (nSPS) is 14.5. The lowest BCUT2D eigenvalue weighted by molar-refractivity contribution is 0.205. The van der Waals surface area contributed by atoms with Crippen LogP contribution in [0, 0.1) is 0 Å². The van der Waals surface area contributed by atoms with Crippen LogP contribution in [0.4, 0.5) is 21.0 Å². The number of nitrogens with one attached hydrogen (secondary N) is 2. The predicted molar refractivity (Wildman–Crippen MR) is 104 cm³/mol. The van der Waals surface area contributed by atoms with Crippen LogP contribution in [0.1, 0.15) is 6.42 Å². The van der Waals surface area contributed by atoms with E-state index in [0.717, 1.165) is 12.1 Å². The van der Waals surface area contributed by atoms with Crippen molar-refractivity contribution in [3.05, 3.63) is 59.6 Å². The molecule has 26 heavy (non-hydrogen) atoms. The van der Waals surface area contributed by atoms with E-state index in [4.69, 9.17) is 11.6 Å². The molecule has 0 saturated carbocycles. The van der Waals surface area contributed by atoms with Crippen LogP contribution in [0.3, 0.4) is 0 Å². The molecule has 0 radical (unpaired) electrons. The Labute approximate surface area is 157 Å². The molecule has 2 aromatic carbocycles. The van der Waals surface area contributed by atoms with Crippen molar-refractivity contribution in [2.24, 2.45) is 0 Å². The lowest BCUT2D eigenvalue weighted by atomic mass is 10.3. The van der Waals surface area contributed by atoms with Crippen LogP contribution in [0.5, 0.6) is 0 Å². The maximum absolute atomic E-state index is 12.5. The summed E-state index contributed by atoms with van der Waals surface area (Å²) in [7, 11) is 0. The number of amides is 4. The fourth-order valence-corrected chi connectivity index (χ4v) is 3.01. The van der Waals surface area contributed by atoms with Gasteiger partial charge in [-0.05, 0) is 36.8 Å². The Morgan fingerprint density at radius 3 is 1.96 bits per heavy atom. The SMILES string of the molecule is O=C(Nc1ccccc1)N1CCCN(C(=O)Nc2cccc(Cl)c2)CC1. The maximum atomic E-state index is 12.5. The molecule has 0 atom stereocenters. The molecule has 136 valence electrons. The molecule has 2 aromatic rings. The highest BCUT2D eigenvalue weighted by Gasteiger charge is 2.22. The third-order valence-corrected chi connectivity index (χ3v) is 4.41. The summed E-state index contributed by atoms with van der Waals surface area (Å²) in [5, 5.41) is 6.30. The molecule has 4 amide bonds. The lowest BCUT2D eigenvalue weighted by Crippen LogP contribution is -2.40. The summed E-state index contributed by atoms with van der Waals surface area (Å²) in [6, 6.07) is 16.1. The third-order valence-electron chi connectivity index (χ3n) is 4.17. The number of rotatable bonds is 2. The minimum atomic E-state index is -0.183. The van der Waals surface area contributed by atoms with Crippen LogP contribution in [-0.4, -0.2) is 48.0 Å². The number of nitrogens with zero attached hydrogens (tertiary/aromatic N) is 2. The number of hydrogen-bond donors (Lipinski definition) is 2. The van der Waals surface area contributed by atoms with Crippen LogP contribution in [0.2, 0.25) is 5.02 Å². The molecule has 0 unspecified atom stereocenters. The summed E-state index contributed by atoms with van der Waals surface area (Å²) in [5.74, 6) is 0. The van der Waals surface area contributed by atoms with E-state index < -0.39 is 0 Å². The molecule has 1 fully saturated rings. The van der Waals surface area contributed by atoms with E-state index in [0.29, 0.717) is 36.9 Å². The van der Waals surface area contributed by atoms with E-state index in [9.17, 15) is 9.59 Å². The van der Waals surface area contributed by atoms with Crippen molar-refractivity contribution in [1.29, 1.82) is 0 Å². The Morgan fingerprint density at radius 1 is 0.769 bits per heavy atom. The van der Waals surface area contributed by atoms with Crippen molar-refractivity contribution in [2.45, 2.75) is 6.42 Å². The van der Waals surface area contributed by atoms with Gasteiger partial charge in [0.15, 0.2) is 0 Å². The Kier molecular flexibility index (Phi) is 5.96. The fraction of sp³-hybridized carbons (Fsp3) is 0.263. The maximum Gasteiger partial charge on any atom is 0.321 e. The van der Waals surface area contributed by atoms with Crippen molar-refractivity contribution in [3.63, 3.8) is 0 Å². The summed E-state index contributed by atoms with van der Waals surface area (Å²) in [6.07, 6.45) is 0.727. The van der Waals surface area contributed by atoms with Crippen molar-refractivity contribution in [2.75, 3.05) is 36.8 Å². The average molecular weight is 373 g/mol. The molecule has 1 heterocycles. The standard InChI is InChI=1S/C19H21ClN4O2/c20-15-6-4-9-17(14-15)22-19(26)24-11-5-10-23(12-13-24)18(25)21-16-7-2-1-3-8-16/h1-4,6-9,14H,5,10-13H2,(H,21,25)(H,22,26). The fourth-order valence-electron chi connectivity index (χ4n) is 2.82. The van der Waals surface area contributed by atoms with Crippen LogP contribution in [-0.2, 0) is 0 Å². The first-order valence-corrected chi connectivity index (χ1v) is 8.92. The van der Waals surface area contributed by atoms with Crippen molar-refractivity contribution < 1.29 is 9.59 Å². The largest absolute Gasteiger partial charge is 0.323 e.